The van der Waals surface area contributed by atoms with Crippen molar-refractivity contribution < 1.29 is 9.53 Å². The fourth-order valence-electron chi connectivity index (χ4n) is 2.96. The highest BCUT2D eigenvalue weighted by Gasteiger charge is 2.21. The van der Waals surface area contributed by atoms with Gasteiger partial charge < -0.3 is 4.74 Å². The molecule has 1 aliphatic rings. The van der Waals surface area contributed by atoms with Crippen LogP contribution < -0.4 is 0 Å². The van der Waals surface area contributed by atoms with Gasteiger partial charge in [0, 0.05) is 0 Å². The minimum atomic E-state index is 0.359. The van der Waals surface area contributed by atoms with Crippen LogP contribution in [0.4, 0.5) is 0 Å². The third kappa shape index (κ3) is 5.46. The largest absolute Gasteiger partial charge is 0.374 e. The first-order valence-corrected chi connectivity index (χ1v) is 8.02. The van der Waals surface area contributed by atoms with Crippen LogP contribution in [0, 0.1) is 17.2 Å². The van der Waals surface area contributed by atoms with Crippen LogP contribution >= 0.6 is 0 Å². The second kappa shape index (κ2) is 9.17. The van der Waals surface area contributed by atoms with Crippen LogP contribution in [-0.2, 0) is 16.1 Å². The molecule has 0 N–H and O–H groups in total. The number of hydrogen-bond donors (Lipinski definition) is 0. The van der Waals surface area contributed by atoms with E-state index in [0.717, 1.165) is 37.0 Å². The van der Waals surface area contributed by atoms with Crippen molar-refractivity contribution >= 4 is 6.29 Å². The van der Waals surface area contributed by atoms with E-state index in [2.05, 4.69) is 6.07 Å². The van der Waals surface area contributed by atoms with E-state index in [-0.39, 0.29) is 0 Å². The van der Waals surface area contributed by atoms with Crippen molar-refractivity contribution in [1.29, 1.82) is 5.26 Å². The zero-order valence-corrected chi connectivity index (χ0v) is 12.9. The molecule has 0 amide bonds. The Hall–Kier alpha value is -1.92. The average Bonchev–Trinajstić information content (AvgIpc) is 2.58. The SMILES string of the molecule is N#Cc1ccc(CO[C@H]2CC[C@H](CCC=CC=O)CC2)cc1. The molecule has 0 saturated heterocycles. The van der Waals surface area contributed by atoms with Crippen LogP contribution in [0.5, 0.6) is 0 Å². The molecular weight excluding hydrogens is 274 g/mol. The smallest absolute Gasteiger partial charge is 0.142 e. The van der Waals surface area contributed by atoms with Gasteiger partial charge in [-0.05, 0) is 68.2 Å². The van der Waals surface area contributed by atoms with E-state index in [9.17, 15) is 4.79 Å². The second-order valence-corrected chi connectivity index (χ2v) is 5.90. The maximum absolute atomic E-state index is 10.2. The van der Waals surface area contributed by atoms with Crippen LogP contribution in [0.3, 0.4) is 0 Å². The summed E-state index contributed by atoms with van der Waals surface area (Å²) in [6.07, 6.45) is 11.6. The van der Waals surface area contributed by atoms with Crippen molar-refractivity contribution in [2.45, 2.75) is 51.2 Å². The fraction of sp³-hybridized carbons (Fsp3) is 0.474. The summed E-state index contributed by atoms with van der Waals surface area (Å²) in [5, 5.41) is 8.78. The first-order valence-electron chi connectivity index (χ1n) is 8.02. The van der Waals surface area contributed by atoms with Gasteiger partial charge in [-0.2, -0.15) is 5.26 Å². The predicted octanol–water partition coefficient (Wildman–Crippen LogP) is 4.17. The van der Waals surface area contributed by atoms with Gasteiger partial charge >= 0.3 is 0 Å². The minimum absolute atomic E-state index is 0.359. The Morgan fingerprint density at radius 3 is 2.55 bits per heavy atom. The van der Waals surface area contributed by atoms with Crippen LogP contribution in [0.1, 0.15) is 49.7 Å². The van der Waals surface area contributed by atoms with E-state index < -0.39 is 0 Å². The van der Waals surface area contributed by atoms with Crippen LogP contribution in [0.25, 0.3) is 0 Å². The maximum Gasteiger partial charge on any atom is 0.142 e. The lowest BCUT2D eigenvalue weighted by Gasteiger charge is -2.28. The molecule has 116 valence electrons. The average molecular weight is 297 g/mol. The summed E-state index contributed by atoms with van der Waals surface area (Å²) in [5.74, 6) is 0.770. The summed E-state index contributed by atoms with van der Waals surface area (Å²) < 4.78 is 5.99. The van der Waals surface area contributed by atoms with Gasteiger partial charge in [0.05, 0.1) is 24.3 Å². The number of rotatable bonds is 7. The summed E-state index contributed by atoms with van der Waals surface area (Å²) in [6.45, 7) is 0.628. The van der Waals surface area contributed by atoms with E-state index in [4.69, 9.17) is 10.00 Å². The number of nitrogens with zero attached hydrogens (tertiary/aromatic N) is 1. The molecule has 22 heavy (non-hydrogen) atoms. The Balaban J connectivity index is 1.65. The molecule has 0 aliphatic heterocycles. The summed E-state index contributed by atoms with van der Waals surface area (Å²) in [6, 6.07) is 9.72. The molecule has 0 atom stereocenters. The van der Waals surface area contributed by atoms with Gasteiger partial charge in [-0.1, -0.05) is 18.2 Å². The number of hydrogen-bond acceptors (Lipinski definition) is 3. The molecule has 3 nitrogen and oxygen atoms in total. The molecule has 1 fully saturated rings. The highest BCUT2D eigenvalue weighted by molar-refractivity contribution is 5.64. The third-order valence-corrected chi connectivity index (χ3v) is 4.32. The molecule has 2 rings (SSSR count). The molecule has 0 aromatic heterocycles. The van der Waals surface area contributed by atoms with Crippen LogP contribution in [0.15, 0.2) is 36.4 Å². The molecule has 1 aromatic carbocycles. The standard InChI is InChI=1S/C19H23NO2/c20-14-17-5-7-18(8-6-17)15-22-19-11-9-16(10-12-19)4-2-1-3-13-21/h1,3,5-8,13,16,19H,2,4,9-12,15H2/t16-,19-. The van der Waals surface area contributed by atoms with Crippen molar-refractivity contribution in [1.82, 2.24) is 0 Å². The van der Waals surface area contributed by atoms with Crippen LogP contribution in [-0.4, -0.2) is 12.4 Å². The van der Waals surface area contributed by atoms with Crippen molar-refractivity contribution in [2.24, 2.45) is 5.92 Å². The van der Waals surface area contributed by atoms with Gasteiger partial charge in [0.1, 0.15) is 6.29 Å². The Labute approximate surface area is 132 Å². The molecule has 0 heterocycles. The lowest BCUT2D eigenvalue weighted by atomic mass is 9.84. The fourth-order valence-corrected chi connectivity index (χ4v) is 2.96. The zero-order chi connectivity index (χ0) is 15.6. The number of carbonyl (C=O) groups is 1. The number of nitriles is 1. The van der Waals surface area contributed by atoms with Gasteiger partial charge in [0.25, 0.3) is 0 Å². The Kier molecular flexibility index (Phi) is 6.86. The van der Waals surface area contributed by atoms with Gasteiger partial charge in [-0.3, -0.25) is 4.79 Å². The first-order chi connectivity index (χ1) is 10.8. The number of ether oxygens (including phenoxy) is 1. The van der Waals surface area contributed by atoms with Gasteiger partial charge in [0.2, 0.25) is 0 Å². The number of carbonyl (C=O) groups excluding carboxylic acids is 1. The Morgan fingerprint density at radius 2 is 1.91 bits per heavy atom. The maximum atomic E-state index is 10.2. The van der Waals surface area contributed by atoms with Crippen LogP contribution in [0.2, 0.25) is 0 Å². The van der Waals surface area contributed by atoms with Gasteiger partial charge in [-0.15, -0.1) is 0 Å². The minimum Gasteiger partial charge on any atom is -0.374 e. The molecule has 0 unspecified atom stereocenters. The monoisotopic (exact) mass is 297 g/mol. The molecule has 1 aromatic rings. The van der Waals surface area contributed by atoms with E-state index in [1.54, 1.807) is 6.08 Å². The van der Waals surface area contributed by atoms with E-state index in [0.29, 0.717) is 18.3 Å². The molecule has 1 saturated carbocycles. The second-order valence-electron chi connectivity index (χ2n) is 5.90. The Bertz CT molecular complexity index is 519. The number of benzene rings is 1. The van der Waals surface area contributed by atoms with E-state index in [1.165, 1.54) is 19.3 Å². The highest BCUT2D eigenvalue weighted by Crippen LogP contribution is 2.30. The van der Waals surface area contributed by atoms with E-state index >= 15 is 0 Å². The quantitative estimate of drug-likeness (QED) is 0.560. The molecule has 1 aliphatic carbocycles. The van der Waals surface area contributed by atoms with Gasteiger partial charge in [0.15, 0.2) is 0 Å². The van der Waals surface area contributed by atoms with Gasteiger partial charge in [-0.25, -0.2) is 0 Å². The molecule has 0 spiro atoms. The van der Waals surface area contributed by atoms with Crippen molar-refractivity contribution in [3.05, 3.63) is 47.5 Å². The number of allylic oxidation sites excluding steroid dienone is 2. The summed E-state index contributed by atoms with van der Waals surface area (Å²) in [7, 11) is 0. The zero-order valence-electron chi connectivity index (χ0n) is 12.9. The third-order valence-electron chi connectivity index (χ3n) is 4.32. The highest BCUT2D eigenvalue weighted by atomic mass is 16.5. The van der Waals surface area contributed by atoms with Crippen molar-refractivity contribution in [3.63, 3.8) is 0 Å². The summed E-state index contributed by atoms with van der Waals surface area (Å²) in [4.78, 5) is 10.2. The lowest BCUT2D eigenvalue weighted by Crippen LogP contribution is -2.21. The molecule has 0 bridgehead atoms. The van der Waals surface area contributed by atoms with Crippen molar-refractivity contribution in [2.75, 3.05) is 0 Å². The van der Waals surface area contributed by atoms with E-state index in [1.807, 2.05) is 30.3 Å². The lowest BCUT2D eigenvalue weighted by molar-refractivity contribution is -0.104. The van der Waals surface area contributed by atoms with Crippen molar-refractivity contribution in [3.8, 4) is 6.07 Å². The normalized spacial score (nSPS) is 21.6. The molecular formula is C19H23NO2. The molecule has 3 heteroatoms. The number of aldehydes is 1. The first kappa shape index (κ1) is 16.5. The Morgan fingerprint density at radius 1 is 1.18 bits per heavy atom. The molecule has 0 radical (unpaired) electrons. The topological polar surface area (TPSA) is 50.1 Å². The summed E-state index contributed by atoms with van der Waals surface area (Å²) in [5.41, 5.74) is 1.81. The summed E-state index contributed by atoms with van der Waals surface area (Å²) >= 11 is 0. The predicted molar refractivity (Wildman–Crippen MR) is 86.1 cm³/mol.